The van der Waals surface area contributed by atoms with Gasteiger partial charge in [-0.1, -0.05) is 12.0 Å². The van der Waals surface area contributed by atoms with E-state index in [2.05, 4.69) is 55.5 Å². The Kier molecular flexibility index (Phi) is 9.01. The van der Waals surface area contributed by atoms with Crippen LogP contribution in [0.5, 0.6) is 0 Å². The maximum absolute atomic E-state index is 15.3. The van der Waals surface area contributed by atoms with Crippen molar-refractivity contribution in [2.24, 2.45) is 7.05 Å². The number of likely N-dealkylation sites (N-methyl/N-ethyl adjacent to an activating group) is 1. The minimum atomic E-state index is -0.775. The van der Waals surface area contributed by atoms with Crippen molar-refractivity contribution in [3.63, 3.8) is 0 Å². The SMILES string of the molecule is Cc1cc(F)c(C(=O)Nc2cc(CN3CCN(C)CC3)cc(C(C)(C)C#N)c2)cc1C#Cc1cnc2c(Nc3cnn(C)c3)cccn12. The summed E-state index contributed by atoms with van der Waals surface area (Å²) in [7, 11) is 3.96. The molecule has 48 heavy (non-hydrogen) atoms. The third kappa shape index (κ3) is 7.08. The van der Waals surface area contributed by atoms with Crippen molar-refractivity contribution in [2.45, 2.75) is 32.7 Å². The number of benzene rings is 2. The fraction of sp³-hybridized carbons (Fsp3) is 0.297. The first-order chi connectivity index (χ1) is 23.0. The van der Waals surface area contributed by atoms with Crippen molar-refractivity contribution in [3.05, 3.63) is 107 Å². The molecule has 0 radical (unpaired) electrons. The first kappa shape index (κ1) is 32.5. The fourth-order valence-electron chi connectivity index (χ4n) is 5.70. The van der Waals surface area contributed by atoms with Crippen molar-refractivity contribution in [3.8, 4) is 17.9 Å². The lowest BCUT2D eigenvalue weighted by Crippen LogP contribution is -2.43. The average molecular weight is 644 g/mol. The van der Waals surface area contributed by atoms with Crippen LogP contribution in [0.1, 0.15) is 52.2 Å². The van der Waals surface area contributed by atoms with E-state index in [-0.39, 0.29) is 5.56 Å². The predicted octanol–water partition coefficient (Wildman–Crippen LogP) is 5.46. The summed E-state index contributed by atoms with van der Waals surface area (Å²) >= 11 is 0. The molecular formula is C37H38FN9O. The van der Waals surface area contributed by atoms with Crippen LogP contribution in [0.25, 0.3) is 5.65 Å². The molecular weight excluding hydrogens is 605 g/mol. The molecule has 3 aromatic heterocycles. The summed E-state index contributed by atoms with van der Waals surface area (Å²) in [6.45, 7) is 9.97. The van der Waals surface area contributed by atoms with Gasteiger partial charge in [-0.15, -0.1) is 0 Å². The van der Waals surface area contributed by atoms with E-state index in [0.717, 1.165) is 48.7 Å². The largest absolute Gasteiger partial charge is 0.350 e. The van der Waals surface area contributed by atoms with Gasteiger partial charge in [-0.05, 0) is 86.8 Å². The smallest absolute Gasteiger partial charge is 0.258 e. The van der Waals surface area contributed by atoms with E-state index in [9.17, 15) is 10.1 Å². The lowest BCUT2D eigenvalue weighted by molar-refractivity contribution is 0.102. The molecule has 0 atom stereocenters. The van der Waals surface area contributed by atoms with Gasteiger partial charge in [0.15, 0.2) is 5.65 Å². The zero-order chi connectivity index (χ0) is 34.0. The summed E-state index contributed by atoms with van der Waals surface area (Å²) in [6, 6.07) is 14.7. The minimum Gasteiger partial charge on any atom is -0.350 e. The standard InChI is InChI=1S/C37H38FN9O/c1-25-15-33(38)32(18-27(25)8-9-31-21-40-35-34(7-6-10-47(31)35)42-30-20-41-45(5)23-30)36(48)43-29-17-26(16-28(19-29)37(2,3)24-39)22-46-13-11-44(4)12-14-46/h6-7,10,15-21,23,42H,11-14,22H2,1-5H3,(H,43,48). The molecule has 1 aliphatic rings. The van der Waals surface area contributed by atoms with E-state index in [1.807, 2.05) is 62.0 Å². The lowest BCUT2D eigenvalue weighted by atomic mass is 9.85. The Hall–Kier alpha value is -5.49. The van der Waals surface area contributed by atoms with Crippen molar-refractivity contribution < 1.29 is 9.18 Å². The third-order valence-corrected chi connectivity index (χ3v) is 8.66. The number of hydrogen-bond acceptors (Lipinski definition) is 7. The topological polar surface area (TPSA) is 107 Å². The number of nitrogens with one attached hydrogen (secondary N) is 2. The van der Waals surface area contributed by atoms with E-state index in [0.29, 0.717) is 34.7 Å². The Bertz CT molecular complexity index is 2100. The number of nitrogens with zero attached hydrogens (tertiary/aromatic N) is 7. The number of pyridine rings is 1. The van der Waals surface area contributed by atoms with Crippen LogP contribution in [-0.4, -0.2) is 68.1 Å². The molecule has 1 saturated heterocycles. The van der Waals surface area contributed by atoms with Gasteiger partial charge in [-0.3, -0.25) is 18.8 Å². The number of imidazole rings is 1. The molecule has 1 amide bonds. The zero-order valence-corrected chi connectivity index (χ0v) is 27.8. The van der Waals surface area contributed by atoms with E-state index < -0.39 is 17.1 Å². The van der Waals surface area contributed by atoms with Gasteiger partial charge in [0.05, 0.1) is 40.8 Å². The van der Waals surface area contributed by atoms with E-state index >= 15 is 4.39 Å². The van der Waals surface area contributed by atoms with Crippen molar-refractivity contribution >= 4 is 28.6 Å². The molecule has 2 N–H and O–H groups in total. The van der Waals surface area contributed by atoms with E-state index in [4.69, 9.17) is 0 Å². The number of amides is 1. The number of carbonyl (C=O) groups excluding carboxylic acids is 1. The second-order valence-corrected chi connectivity index (χ2v) is 12.9. The van der Waals surface area contributed by atoms with Crippen molar-refractivity contribution in [1.29, 1.82) is 5.26 Å². The molecule has 1 fully saturated rings. The first-order valence-electron chi connectivity index (χ1n) is 15.8. The highest BCUT2D eigenvalue weighted by atomic mass is 19.1. The van der Waals surface area contributed by atoms with Gasteiger partial charge in [-0.2, -0.15) is 10.4 Å². The molecule has 10 nitrogen and oxygen atoms in total. The van der Waals surface area contributed by atoms with Crippen molar-refractivity contribution in [1.82, 2.24) is 29.0 Å². The average Bonchev–Trinajstić information content (AvgIpc) is 3.67. The van der Waals surface area contributed by atoms with E-state index in [1.54, 1.807) is 30.1 Å². The van der Waals surface area contributed by atoms with Crippen LogP contribution in [0.2, 0.25) is 0 Å². The number of carbonyl (C=O) groups is 1. The molecule has 1 aliphatic heterocycles. The normalized spacial score (nSPS) is 13.9. The molecule has 0 saturated carbocycles. The number of aromatic nitrogens is 4. The zero-order valence-electron chi connectivity index (χ0n) is 27.8. The molecule has 244 valence electrons. The quantitative estimate of drug-likeness (QED) is 0.227. The first-order valence-corrected chi connectivity index (χ1v) is 15.8. The number of hydrogen-bond donors (Lipinski definition) is 2. The molecule has 0 bridgehead atoms. The summed E-state index contributed by atoms with van der Waals surface area (Å²) in [5.74, 6) is 5.05. The number of halogens is 1. The minimum absolute atomic E-state index is 0.114. The second kappa shape index (κ2) is 13.3. The Morgan fingerprint density at radius 2 is 1.83 bits per heavy atom. The highest BCUT2D eigenvalue weighted by Gasteiger charge is 2.23. The van der Waals surface area contributed by atoms with Crippen LogP contribution in [0.3, 0.4) is 0 Å². The molecule has 5 aromatic rings. The maximum atomic E-state index is 15.3. The summed E-state index contributed by atoms with van der Waals surface area (Å²) in [6.07, 6.45) is 7.15. The Labute approximate surface area is 279 Å². The van der Waals surface area contributed by atoms with Crippen LogP contribution in [0, 0.1) is 35.9 Å². The van der Waals surface area contributed by atoms with Gasteiger partial charge < -0.3 is 15.5 Å². The molecule has 4 heterocycles. The van der Waals surface area contributed by atoms with Gasteiger partial charge in [0.1, 0.15) is 11.5 Å². The highest BCUT2D eigenvalue weighted by Crippen LogP contribution is 2.28. The predicted molar refractivity (Wildman–Crippen MR) is 185 cm³/mol. The summed E-state index contributed by atoms with van der Waals surface area (Å²) in [5, 5.41) is 20.3. The summed E-state index contributed by atoms with van der Waals surface area (Å²) in [4.78, 5) is 22.8. The van der Waals surface area contributed by atoms with Crippen LogP contribution in [0.4, 0.5) is 21.5 Å². The monoisotopic (exact) mass is 643 g/mol. The number of anilines is 3. The molecule has 0 unspecified atom stereocenters. The van der Waals surface area contributed by atoms with Crippen LogP contribution < -0.4 is 10.6 Å². The van der Waals surface area contributed by atoms with E-state index in [1.165, 1.54) is 12.1 Å². The lowest BCUT2D eigenvalue weighted by Gasteiger charge is -2.32. The Morgan fingerprint density at radius 3 is 2.56 bits per heavy atom. The molecule has 0 spiro atoms. The van der Waals surface area contributed by atoms with Gasteiger partial charge in [-0.25, -0.2) is 9.37 Å². The molecule has 0 aliphatic carbocycles. The summed E-state index contributed by atoms with van der Waals surface area (Å²) < 4.78 is 18.9. The number of piperazine rings is 1. The van der Waals surface area contributed by atoms with Crippen LogP contribution in [0.15, 0.2) is 67.3 Å². The Morgan fingerprint density at radius 1 is 1.04 bits per heavy atom. The third-order valence-electron chi connectivity index (χ3n) is 8.66. The number of aryl methyl sites for hydroxylation is 2. The fourth-order valence-corrected chi connectivity index (χ4v) is 5.70. The number of rotatable bonds is 7. The van der Waals surface area contributed by atoms with Gasteiger partial charge in [0, 0.05) is 63.4 Å². The highest BCUT2D eigenvalue weighted by molar-refractivity contribution is 6.05. The molecule has 11 heteroatoms. The van der Waals surface area contributed by atoms with Gasteiger partial charge in [0.25, 0.3) is 5.91 Å². The second-order valence-electron chi connectivity index (χ2n) is 12.9. The maximum Gasteiger partial charge on any atom is 0.258 e. The van der Waals surface area contributed by atoms with Gasteiger partial charge >= 0.3 is 0 Å². The van der Waals surface area contributed by atoms with Crippen LogP contribution >= 0.6 is 0 Å². The van der Waals surface area contributed by atoms with Crippen molar-refractivity contribution in [2.75, 3.05) is 43.9 Å². The number of nitriles is 1. The Balaban J connectivity index is 1.26. The number of fused-ring (bicyclic) bond motifs is 1. The van der Waals surface area contributed by atoms with Crippen LogP contribution in [-0.2, 0) is 19.0 Å². The molecule has 6 rings (SSSR count). The summed E-state index contributed by atoms with van der Waals surface area (Å²) in [5.41, 5.74) is 5.49. The van der Waals surface area contributed by atoms with Gasteiger partial charge in [0.2, 0.25) is 0 Å². The molecule has 2 aromatic carbocycles.